The summed E-state index contributed by atoms with van der Waals surface area (Å²) in [5.41, 5.74) is 1.60. The Balaban J connectivity index is 1.86. The van der Waals surface area contributed by atoms with E-state index >= 15 is 0 Å². The maximum Gasteiger partial charge on any atom is 0.325 e. The third kappa shape index (κ3) is 5.20. The van der Waals surface area contributed by atoms with Gasteiger partial charge in [0.2, 0.25) is 5.91 Å². The monoisotopic (exact) mass is 413 g/mol. The SMILES string of the molecule is COC(=O)CN(Cc1ccc(Cl)cc1)C(=O)C1=NN(c2ccccc2)C(=O)CC1. The first-order chi connectivity index (χ1) is 14.0. The smallest absolute Gasteiger partial charge is 0.325 e. The fourth-order valence-electron chi connectivity index (χ4n) is 2.89. The number of carbonyl (C=O) groups is 3. The van der Waals surface area contributed by atoms with Crippen LogP contribution in [0.4, 0.5) is 5.69 Å². The Bertz CT molecular complexity index is 929. The number of ether oxygens (including phenoxy) is 1. The van der Waals surface area contributed by atoms with E-state index in [2.05, 4.69) is 5.10 Å². The van der Waals surface area contributed by atoms with E-state index in [0.717, 1.165) is 5.56 Å². The summed E-state index contributed by atoms with van der Waals surface area (Å²) < 4.78 is 4.72. The van der Waals surface area contributed by atoms with Crippen LogP contribution in [0.25, 0.3) is 0 Å². The van der Waals surface area contributed by atoms with Gasteiger partial charge in [0.15, 0.2) is 0 Å². The third-order valence-corrected chi connectivity index (χ3v) is 4.65. The van der Waals surface area contributed by atoms with Crippen molar-refractivity contribution in [3.8, 4) is 0 Å². The van der Waals surface area contributed by atoms with Gasteiger partial charge in [-0.3, -0.25) is 14.4 Å². The van der Waals surface area contributed by atoms with Crippen molar-refractivity contribution in [2.75, 3.05) is 18.7 Å². The van der Waals surface area contributed by atoms with Crippen LogP contribution in [0, 0.1) is 0 Å². The summed E-state index contributed by atoms with van der Waals surface area (Å²) >= 11 is 5.92. The van der Waals surface area contributed by atoms with E-state index in [1.54, 1.807) is 48.5 Å². The Labute approximate surface area is 173 Å². The third-order valence-electron chi connectivity index (χ3n) is 4.40. The standard InChI is InChI=1S/C21H20ClN3O4/c1-29-20(27)14-24(13-15-7-9-16(22)10-8-15)21(28)18-11-12-19(26)25(23-18)17-5-3-2-4-6-17/h2-10H,11-14H2,1H3. The van der Waals surface area contributed by atoms with Crippen molar-refractivity contribution in [2.24, 2.45) is 5.10 Å². The summed E-state index contributed by atoms with van der Waals surface area (Å²) in [7, 11) is 1.27. The van der Waals surface area contributed by atoms with Crippen LogP contribution >= 0.6 is 11.6 Å². The molecule has 0 saturated carbocycles. The number of nitrogens with zero attached hydrogens (tertiary/aromatic N) is 3. The number of esters is 1. The molecule has 2 amide bonds. The quantitative estimate of drug-likeness (QED) is 0.682. The Morgan fingerprint density at radius 3 is 2.45 bits per heavy atom. The minimum absolute atomic E-state index is 0.159. The zero-order valence-corrected chi connectivity index (χ0v) is 16.6. The molecule has 8 heteroatoms. The molecule has 0 aromatic heterocycles. The molecule has 0 N–H and O–H groups in total. The lowest BCUT2D eigenvalue weighted by molar-refractivity contribution is -0.145. The lowest BCUT2D eigenvalue weighted by atomic mass is 10.1. The van der Waals surface area contributed by atoms with Crippen molar-refractivity contribution in [1.29, 1.82) is 0 Å². The molecule has 0 saturated heterocycles. The molecule has 29 heavy (non-hydrogen) atoms. The highest BCUT2D eigenvalue weighted by Crippen LogP contribution is 2.21. The second-order valence-corrected chi connectivity index (χ2v) is 6.89. The van der Waals surface area contributed by atoms with Gasteiger partial charge in [0, 0.05) is 24.4 Å². The van der Waals surface area contributed by atoms with E-state index in [9.17, 15) is 14.4 Å². The lowest BCUT2D eigenvalue weighted by Gasteiger charge is -2.27. The average Bonchev–Trinajstić information content (AvgIpc) is 2.75. The van der Waals surface area contributed by atoms with Crippen LogP contribution in [0.1, 0.15) is 18.4 Å². The van der Waals surface area contributed by atoms with Crippen LogP contribution in [0.3, 0.4) is 0 Å². The number of amides is 2. The number of para-hydroxylation sites is 1. The van der Waals surface area contributed by atoms with E-state index in [0.29, 0.717) is 10.7 Å². The molecular weight excluding hydrogens is 394 g/mol. The fraction of sp³-hybridized carbons (Fsp3) is 0.238. The average molecular weight is 414 g/mol. The number of benzene rings is 2. The first-order valence-electron chi connectivity index (χ1n) is 9.04. The molecule has 2 aromatic carbocycles. The number of hydrogen-bond donors (Lipinski definition) is 0. The zero-order chi connectivity index (χ0) is 20.8. The molecule has 0 bridgehead atoms. The number of hydrazone groups is 1. The summed E-state index contributed by atoms with van der Waals surface area (Å²) in [4.78, 5) is 38.6. The zero-order valence-electron chi connectivity index (χ0n) is 15.9. The van der Waals surface area contributed by atoms with Gasteiger partial charge < -0.3 is 9.64 Å². The highest BCUT2D eigenvalue weighted by atomic mass is 35.5. The van der Waals surface area contributed by atoms with Crippen molar-refractivity contribution in [3.05, 3.63) is 65.2 Å². The Kier molecular flexibility index (Phi) is 6.61. The maximum atomic E-state index is 13.1. The van der Waals surface area contributed by atoms with E-state index < -0.39 is 11.9 Å². The minimum atomic E-state index is -0.542. The minimum Gasteiger partial charge on any atom is -0.468 e. The van der Waals surface area contributed by atoms with Crippen LogP contribution in [-0.2, 0) is 25.7 Å². The predicted molar refractivity (Wildman–Crippen MR) is 109 cm³/mol. The van der Waals surface area contributed by atoms with Gasteiger partial charge in [-0.15, -0.1) is 0 Å². The second-order valence-electron chi connectivity index (χ2n) is 6.45. The number of halogens is 1. The highest BCUT2D eigenvalue weighted by Gasteiger charge is 2.29. The molecule has 1 aliphatic rings. The fourth-order valence-corrected chi connectivity index (χ4v) is 3.02. The molecule has 2 aromatic rings. The molecule has 3 rings (SSSR count). The summed E-state index contributed by atoms with van der Waals surface area (Å²) in [6.45, 7) is -0.0420. The number of anilines is 1. The molecule has 0 aliphatic carbocycles. The maximum absolute atomic E-state index is 13.1. The van der Waals surface area contributed by atoms with Gasteiger partial charge in [0.25, 0.3) is 5.91 Å². The van der Waals surface area contributed by atoms with Gasteiger partial charge in [-0.2, -0.15) is 5.10 Å². The molecular formula is C21H20ClN3O4. The lowest BCUT2D eigenvalue weighted by Crippen LogP contribution is -2.43. The van der Waals surface area contributed by atoms with Gasteiger partial charge in [0.05, 0.1) is 12.8 Å². The van der Waals surface area contributed by atoms with Crippen LogP contribution in [0.5, 0.6) is 0 Å². The molecule has 1 aliphatic heterocycles. The Morgan fingerprint density at radius 2 is 1.79 bits per heavy atom. The van der Waals surface area contributed by atoms with E-state index in [1.165, 1.54) is 17.0 Å². The van der Waals surface area contributed by atoms with Crippen molar-refractivity contribution >= 4 is 40.8 Å². The summed E-state index contributed by atoms with van der Waals surface area (Å²) in [5, 5.41) is 6.09. The number of carbonyl (C=O) groups excluding carboxylic acids is 3. The van der Waals surface area contributed by atoms with Gasteiger partial charge in [-0.25, -0.2) is 5.01 Å². The van der Waals surface area contributed by atoms with E-state index in [-0.39, 0.29) is 37.6 Å². The molecule has 0 spiro atoms. The Hall–Kier alpha value is -3.19. The Morgan fingerprint density at radius 1 is 1.10 bits per heavy atom. The van der Waals surface area contributed by atoms with Gasteiger partial charge in [-0.05, 0) is 29.8 Å². The summed E-state index contributed by atoms with van der Waals surface area (Å²) in [6, 6.07) is 15.9. The van der Waals surface area contributed by atoms with Gasteiger partial charge >= 0.3 is 5.97 Å². The molecule has 7 nitrogen and oxygen atoms in total. The second kappa shape index (κ2) is 9.34. The molecule has 0 atom stereocenters. The predicted octanol–water partition coefficient (Wildman–Crippen LogP) is 3.02. The summed E-state index contributed by atoms with van der Waals surface area (Å²) in [6.07, 6.45) is 0.367. The molecule has 150 valence electrons. The van der Waals surface area contributed by atoms with Crippen LogP contribution in [0.2, 0.25) is 5.02 Å². The van der Waals surface area contributed by atoms with E-state index in [4.69, 9.17) is 16.3 Å². The van der Waals surface area contributed by atoms with Crippen LogP contribution in [0.15, 0.2) is 59.7 Å². The van der Waals surface area contributed by atoms with Crippen LogP contribution < -0.4 is 5.01 Å². The first-order valence-corrected chi connectivity index (χ1v) is 9.41. The topological polar surface area (TPSA) is 79.3 Å². The molecule has 0 unspecified atom stereocenters. The van der Waals surface area contributed by atoms with Gasteiger partial charge in [0.1, 0.15) is 12.3 Å². The van der Waals surface area contributed by atoms with E-state index in [1.807, 2.05) is 6.07 Å². The number of methoxy groups -OCH3 is 1. The first kappa shape index (κ1) is 20.5. The van der Waals surface area contributed by atoms with Crippen molar-refractivity contribution < 1.29 is 19.1 Å². The van der Waals surface area contributed by atoms with Crippen LogP contribution in [-0.4, -0.2) is 42.0 Å². The number of hydrogen-bond acceptors (Lipinski definition) is 5. The summed E-state index contributed by atoms with van der Waals surface area (Å²) in [5.74, 6) is -1.15. The van der Waals surface area contributed by atoms with Crippen molar-refractivity contribution in [1.82, 2.24) is 4.90 Å². The molecule has 1 heterocycles. The molecule has 0 radical (unpaired) electrons. The largest absolute Gasteiger partial charge is 0.468 e. The van der Waals surface area contributed by atoms with Crippen molar-refractivity contribution in [2.45, 2.75) is 19.4 Å². The van der Waals surface area contributed by atoms with Crippen molar-refractivity contribution in [3.63, 3.8) is 0 Å². The number of rotatable bonds is 6. The van der Waals surface area contributed by atoms with Gasteiger partial charge in [-0.1, -0.05) is 41.9 Å². The normalized spacial score (nSPS) is 13.7. The molecule has 0 fully saturated rings. The highest BCUT2D eigenvalue weighted by molar-refractivity contribution is 6.40.